The Balaban J connectivity index is 0.0000000992. The summed E-state index contributed by atoms with van der Waals surface area (Å²) in [5.41, 5.74) is 6.29. The van der Waals surface area contributed by atoms with E-state index >= 15 is 0 Å². The molecular formula is C29H23N15S. The van der Waals surface area contributed by atoms with Gasteiger partial charge < -0.3 is 0 Å². The molecule has 16 heteroatoms. The van der Waals surface area contributed by atoms with Crippen LogP contribution in [0.1, 0.15) is 0 Å². The summed E-state index contributed by atoms with van der Waals surface area (Å²) in [6, 6.07) is 21.3. The molecule has 0 aliphatic carbocycles. The zero-order valence-corrected chi connectivity index (χ0v) is 24.2. The van der Waals surface area contributed by atoms with E-state index in [1.165, 1.54) is 28.3 Å². The predicted molar refractivity (Wildman–Crippen MR) is 167 cm³/mol. The first-order valence-electron chi connectivity index (χ1n) is 13.3. The maximum Gasteiger partial charge on any atom is 0.175 e. The number of rotatable bonds is 0. The van der Waals surface area contributed by atoms with Crippen molar-refractivity contribution in [1.29, 1.82) is 0 Å². The third kappa shape index (κ3) is 7.65. The van der Waals surface area contributed by atoms with E-state index in [9.17, 15) is 0 Å². The summed E-state index contributed by atoms with van der Waals surface area (Å²) in [5, 5.41) is 19.5. The van der Waals surface area contributed by atoms with Crippen LogP contribution >= 0.6 is 11.3 Å². The van der Waals surface area contributed by atoms with E-state index < -0.39 is 0 Å². The van der Waals surface area contributed by atoms with Gasteiger partial charge in [-0.15, -0.1) is 21.1 Å². The summed E-state index contributed by atoms with van der Waals surface area (Å²) < 4.78 is 7.84. The molecule has 0 radical (unpaired) electrons. The predicted octanol–water partition coefficient (Wildman–Crippen LogP) is 4.00. The van der Waals surface area contributed by atoms with E-state index in [-0.39, 0.29) is 0 Å². The average molecular weight is 614 g/mol. The third-order valence-corrected chi connectivity index (χ3v) is 6.55. The van der Waals surface area contributed by atoms with Crippen LogP contribution in [0.2, 0.25) is 0 Å². The standard InChI is InChI=1S/C7H5NS.2C6H5N3.2C5H4N4/c1-2-4-7-6(3-1)8-5-9-7;1-2-6-7-4-5-9(6)8-3-1;1-2-4-9-6(3-1)7-5-8-9;1-2-9-5(3-6-1)7-4-8-9;1-2-5-6-4-8-9(5)7-3-1/h3*1-5H;2*1-4H. The largest absolute Gasteiger partial charge is 0.259 e. The van der Waals surface area contributed by atoms with Gasteiger partial charge in [-0.3, -0.25) is 4.98 Å². The van der Waals surface area contributed by atoms with E-state index in [0.29, 0.717) is 0 Å². The quantitative estimate of drug-likeness (QED) is 0.243. The van der Waals surface area contributed by atoms with Crippen LogP contribution in [0.5, 0.6) is 0 Å². The number of pyridine rings is 1. The second kappa shape index (κ2) is 14.6. The molecule has 0 amide bonds. The van der Waals surface area contributed by atoms with Gasteiger partial charge in [0, 0.05) is 43.4 Å². The Morgan fingerprint density at radius 3 is 1.96 bits per heavy atom. The molecule has 0 fully saturated rings. The van der Waals surface area contributed by atoms with Crippen LogP contribution in [0.3, 0.4) is 0 Å². The molecule has 9 aromatic heterocycles. The Morgan fingerprint density at radius 2 is 1.13 bits per heavy atom. The Bertz CT molecular complexity index is 1800. The van der Waals surface area contributed by atoms with Crippen molar-refractivity contribution in [1.82, 2.24) is 73.6 Å². The van der Waals surface area contributed by atoms with E-state index in [4.69, 9.17) is 0 Å². The second-order valence-electron chi connectivity index (χ2n) is 8.61. The zero-order valence-electron chi connectivity index (χ0n) is 23.4. The fourth-order valence-corrected chi connectivity index (χ4v) is 4.36. The molecular weight excluding hydrogens is 590 g/mol. The van der Waals surface area contributed by atoms with Crippen molar-refractivity contribution in [2.45, 2.75) is 0 Å². The van der Waals surface area contributed by atoms with Gasteiger partial charge in [0.15, 0.2) is 22.6 Å². The first-order chi connectivity index (χ1) is 22.3. The number of nitrogens with zero attached hydrogens (tertiary/aromatic N) is 15. The van der Waals surface area contributed by atoms with E-state index in [2.05, 4.69) is 61.5 Å². The highest BCUT2D eigenvalue weighted by molar-refractivity contribution is 7.16. The van der Waals surface area contributed by atoms with Gasteiger partial charge in [0.05, 0.1) is 21.9 Å². The lowest BCUT2D eigenvalue weighted by Gasteiger charge is -1.85. The first kappa shape index (κ1) is 28.6. The van der Waals surface area contributed by atoms with Crippen LogP contribution in [0.25, 0.3) is 32.8 Å². The Kier molecular flexibility index (Phi) is 9.24. The molecule has 0 spiro atoms. The van der Waals surface area contributed by atoms with Gasteiger partial charge in [0.2, 0.25) is 0 Å². The molecule has 1 aromatic carbocycles. The molecule has 0 aliphatic heterocycles. The van der Waals surface area contributed by atoms with E-state index in [0.717, 1.165) is 28.1 Å². The molecule has 220 valence electrons. The van der Waals surface area contributed by atoms with Crippen molar-refractivity contribution < 1.29 is 0 Å². The van der Waals surface area contributed by atoms with Gasteiger partial charge >= 0.3 is 0 Å². The van der Waals surface area contributed by atoms with Crippen LogP contribution in [0.15, 0.2) is 141 Å². The van der Waals surface area contributed by atoms with Crippen molar-refractivity contribution >= 4 is 44.1 Å². The summed E-state index contributed by atoms with van der Waals surface area (Å²) in [7, 11) is 0. The second-order valence-corrected chi connectivity index (χ2v) is 9.49. The normalized spacial score (nSPS) is 10.2. The number of aromatic nitrogens is 15. The smallest absolute Gasteiger partial charge is 0.175 e. The number of imidazole rings is 1. The summed E-state index contributed by atoms with van der Waals surface area (Å²) >= 11 is 1.68. The number of hydrogen-bond acceptors (Lipinski definition) is 12. The molecule has 10 rings (SSSR count). The lowest BCUT2D eigenvalue weighted by atomic mass is 10.3. The minimum absolute atomic E-state index is 0.775. The van der Waals surface area contributed by atoms with Crippen molar-refractivity contribution in [3.05, 3.63) is 141 Å². The van der Waals surface area contributed by atoms with Gasteiger partial charge in [-0.25, -0.2) is 38.5 Å². The molecule has 0 atom stereocenters. The highest BCUT2D eigenvalue weighted by Crippen LogP contribution is 2.15. The SMILES string of the molecule is c1ccc2scnc2c1.c1ccn2ncnc2c1.c1cn2ncnc2cn1.c1cnn2ccnc2c1.c1cnn2ncnc2c1. The van der Waals surface area contributed by atoms with Crippen LogP contribution in [0, 0.1) is 0 Å². The Morgan fingerprint density at radius 1 is 0.467 bits per heavy atom. The minimum Gasteiger partial charge on any atom is -0.259 e. The van der Waals surface area contributed by atoms with Crippen LogP contribution < -0.4 is 0 Å². The maximum absolute atomic E-state index is 4.14. The topological polar surface area (TPSA) is 159 Å². The summed E-state index contributed by atoms with van der Waals surface area (Å²) in [6.45, 7) is 0. The van der Waals surface area contributed by atoms with Crippen molar-refractivity contribution in [2.75, 3.05) is 0 Å². The number of thiazole rings is 1. The van der Waals surface area contributed by atoms with Gasteiger partial charge in [-0.05, 0) is 48.5 Å². The molecule has 15 nitrogen and oxygen atoms in total. The fraction of sp³-hybridized carbons (Fsp3) is 0. The van der Waals surface area contributed by atoms with Crippen molar-refractivity contribution in [3.63, 3.8) is 0 Å². The summed E-state index contributed by atoms with van der Waals surface area (Å²) in [4.78, 5) is 23.8. The highest BCUT2D eigenvalue weighted by atomic mass is 32.1. The molecule has 45 heavy (non-hydrogen) atoms. The molecule has 0 saturated carbocycles. The first-order valence-corrected chi connectivity index (χ1v) is 14.2. The highest BCUT2D eigenvalue weighted by Gasteiger charge is 1.91. The van der Waals surface area contributed by atoms with Crippen molar-refractivity contribution in [2.24, 2.45) is 0 Å². The Labute approximate surface area is 258 Å². The molecule has 0 bridgehead atoms. The van der Waals surface area contributed by atoms with Gasteiger partial charge in [-0.2, -0.15) is 20.4 Å². The molecule has 0 saturated heterocycles. The average Bonchev–Trinajstić information content (AvgIpc) is 3.95. The van der Waals surface area contributed by atoms with Gasteiger partial charge in [-0.1, -0.05) is 18.2 Å². The number of hydrogen-bond donors (Lipinski definition) is 0. The third-order valence-electron chi connectivity index (χ3n) is 5.74. The number of fused-ring (bicyclic) bond motifs is 5. The monoisotopic (exact) mass is 613 g/mol. The van der Waals surface area contributed by atoms with Crippen LogP contribution in [0.4, 0.5) is 0 Å². The molecule has 0 unspecified atom stereocenters. The van der Waals surface area contributed by atoms with E-state index in [1.54, 1.807) is 62.1 Å². The van der Waals surface area contributed by atoms with E-state index in [1.807, 2.05) is 78.6 Å². The van der Waals surface area contributed by atoms with Crippen LogP contribution in [-0.2, 0) is 0 Å². The maximum atomic E-state index is 4.14. The molecule has 0 aliphatic rings. The zero-order chi connectivity index (χ0) is 30.5. The Hall–Kier alpha value is -6.55. The minimum atomic E-state index is 0.775. The lowest BCUT2D eigenvalue weighted by molar-refractivity contribution is 0.799. The van der Waals surface area contributed by atoms with Crippen molar-refractivity contribution in [3.8, 4) is 0 Å². The summed E-state index contributed by atoms with van der Waals surface area (Å²) in [5.74, 6) is 0. The molecule has 9 heterocycles. The molecule has 0 N–H and O–H groups in total. The van der Waals surface area contributed by atoms with Crippen LogP contribution in [-0.4, -0.2) is 73.6 Å². The van der Waals surface area contributed by atoms with Gasteiger partial charge in [0.1, 0.15) is 19.0 Å². The fourth-order valence-electron chi connectivity index (χ4n) is 3.69. The lowest BCUT2D eigenvalue weighted by Crippen LogP contribution is -1.89. The number of benzene rings is 1. The number of para-hydroxylation sites is 1. The van der Waals surface area contributed by atoms with Gasteiger partial charge in [0.25, 0.3) is 0 Å². The molecule has 10 aromatic rings. The summed E-state index contributed by atoms with van der Waals surface area (Å²) in [6.07, 6.45) is 18.4.